The lowest BCUT2D eigenvalue weighted by Gasteiger charge is -2.09. The van der Waals surface area contributed by atoms with E-state index in [1.165, 1.54) is 5.56 Å². The maximum absolute atomic E-state index is 12.9. The summed E-state index contributed by atoms with van der Waals surface area (Å²) in [6.07, 6.45) is 2.77. The van der Waals surface area contributed by atoms with Crippen LogP contribution in [0.15, 0.2) is 66.4 Å². The van der Waals surface area contributed by atoms with Crippen LogP contribution >= 0.6 is 0 Å². The van der Waals surface area contributed by atoms with Crippen LogP contribution in [-0.4, -0.2) is 12.9 Å². The normalized spacial score (nSPS) is 13.8. The molecule has 0 spiro atoms. The Hall–Kier alpha value is -3.53. The van der Waals surface area contributed by atoms with Crippen molar-refractivity contribution < 1.29 is 19.0 Å². The van der Waals surface area contributed by atoms with Crippen LogP contribution in [0, 0.1) is 6.92 Å². The van der Waals surface area contributed by atoms with Gasteiger partial charge in [0.2, 0.25) is 5.78 Å². The Morgan fingerprint density at radius 2 is 1.63 bits per heavy atom. The van der Waals surface area contributed by atoms with Gasteiger partial charge in [0, 0.05) is 6.07 Å². The summed E-state index contributed by atoms with van der Waals surface area (Å²) in [6.45, 7) is 4.44. The first kappa shape index (κ1) is 19.8. The third-order valence-corrected chi connectivity index (χ3v) is 5.19. The minimum Gasteiger partial charge on any atom is -0.497 e. The fraction of sp³-hybridized carbons (Fsp3) is 0.192. The van der Waals surface area contributed by atoms with E-state index in [4.69, 9.17) is 14.2 Å². The molecule has 30 heavy (non-hydrogen) atoms. The van der Waals surface area contributed by atoms with Crippen molar-refractivity contribution in [2.45, 2.75) is 26.9 Å². The van der Waals surface area contributed by atoms with Gasteiger partial charge in [0.1, 0.15) is 23.9 Å². The van der Waals surface area contributed by atoms with E-state index in [0.717, 1.165) is 28.9 Å². The molecule has 1 aliphatic heterocycles. The van der Waals surface area contributed by atoms with Crippen molar-refractivity contribution >= 4 is 11.9 Å². The summed E-state index contributed by atoms with van der Waals surface area (Å²) in [5.74, 6) is 2.26. The number of carbonyl (C=O) groups excluding carboxylic acids is 1. The van der Waals surface area contributed by atoms with E-state index < -0.39 is 0 Å². The zero-order chi connectivity index (χ0) is 21.1. The molecule has 3 aromatic carbocycles. The first-order valence-electron chi connectivity index (χ1n) is 10.0. The zero-order valence-electron chi connectivity index (χ0n) is 17.4. The smallest absolute Gasteiger partial charge is 0.232 e. The first-order chi connectivity index (χ1) is 14.6. The summed E-state index contributed by atoms with van der Waals surface area (Å²) in [6, 6.07) is 19.5. The standard InChI is InChI=1S/C26H24O4/c1-4-18-5-7-19(8-6-18)14-24-26(27)25-17(2)13-22(15-23(25)30-24)29-16-20-9-11-21(28-3)12-10-20/h5-15H,4,16H2,1-3H3/b24-14-. The molecule has 0 fully saturated rings. The minimum absolute atomic E-state index is 0.0937. The fourth-order valence-corrected chi connectivity index (χ4v) is 3.45. The number of aryl methyl sites for hydroxylation is 2. The number of fused-ring (bicyclic) bond motifs is 1. The van der Waals surface area contributed by atoms with Crippen LogP contribution < -0.4 is 14.2 Å². The van der Waals surface area contributed by atoms with Crippen LogP contribution in [-0.2, 0) is 13.0 Å². The Morgan fingerprint density at radius 3 is 2.30 bits per heavy atom. The molecular formula is C26H24O4. The van der Waals surface area contributed by atoms with Gasteiger partial charge in [-0.2, -0.15) is 0 Å². The fourth-order valence-electron chi connectivity index (χ4n) is 3.45. The van der Waals surface area contributed by atoms with Crippen molar-refractivity contribution in [1.82, 2.24) is 0 Å². The maximum Gasteiger partial charge on any atom is 0.232 e. The van der Waals surface area contributed by atoms with Crippen LogP contribution in [0.5, 0.6) is 17.2 Å². The number of ketones is 1. The highest BCUT2D eigenvalue weighted by molar-refractivity contribution is 6.15. The predicted octanol–water partition coefficient (Wildman–Crippen LogP) is 5.76. The van der Waals surface area contributed by atoms with Gasteiger partial charge in [0.05, 0.1) is 12.7 Å². The number of benzene rings is 3. The molecule has 0 N–H and O–H groups in total. The van der Waals surface area contributed by atoms with Gasteiger partial charge in [-0.3, -0.25) is 4.79 Å². The molecule has 1 aliphatic rings. The number of methoxy groups -OCH3 is 1. The quantitative estimate of drug-likeness (QED) is 0.494. The van der Waals surface area contributed by atoms with Crippen LogP contribution in [0.1, 0.15) is 39.5 Å². The molecule has 0 unspecified atom stereocenters. The number of carbonyl (C=O) groups is 1. The Morgan fingerprint density at radius 1 is 0.933 bits per heavy atom. The molecule has 0 aromatic heterocycles. The van der Waals surface area contributed by atoms with Gasteiger partial charge in [-0.25, -0.2) is 0 Å². The van der Waals surface area contributed by atoms with Crippen molar-refractivity contribution in [2.24, 2.45) is 0 Å². The van der Waals surface area contributed by atoms with E-state index in [1.807, 2.05) is 49.4 Å². The SMILES string of the molecule is CCc1ccc(/C=C2\Oc3cc(OCc4ccc(OC)cc4)cc(C)c3C2=O)cc1. The minimum atomic E-state index is -0.0937. The monoisotopic (exact) mass is 400 g/mol. The van der Waals surface area contributed by atoms with E-state index in [0.29, 0.717) is 29.4 Å². The molecule has 0 saturated carbocycles. The van der Waals surface area contributed by atoms with Crippen LogP contribution in [0.25, 0.3) is 6.08 Å². The third-order valence-electron chi connectivity index (χ3n) is 5.19. The lowest BCUT2D eigenvalue weighted by atomic mass is 10.0. The average molecular weight is 400 g/mol. The second-order valence-corrected chi connectivity index (χ2v) is 7.28. The van der Waals surface area contributed by atoms with Gasteiger partial charge < -0.3 is 14.2 Å². The second-order valence-electron chi connectivity index (χ2n) is 7.28. The van der Waals surface area contributed by atoms with Crippen molar-refractivity contribution in [1.29, 1.82) is 0 Å². The Kier molecular flexibility index (Phi) is 5.57. The molecule has 0 radical (unpaired) electrons. The molecule has 4 heteroatoms. The van der Waals surface area contributed by atoms with Crippen molar-refractivity contribution in [3.05, 3.63) is 94.2 Å². The van der Waals surface area contributed by atoms with Gasteiger partial charge in [0.25, 0.3) is 0 Å². The summed E-state index contributed by atoms with van der Waals surface area (Å²) in [4.78, 5) is 12.9. The highest BCUT2D eigenvalue weighted by Crippen LogP contribution is 2.37. The number of hydrogen-bond donors (Lipinski definition) is 0. The largest absolute Gasteiger partial charge is 0.497 e. The van der Waals surface area contributed by atoms with Crippen molar-refractivity contribution in [3.63, 3.8) is 0 Å². The van der Waals surface area contributed by atoms with Gasteiger partial charge >= 0.3 is 0 Å². The van der Waals surface area contributed by atoms with Gasteiger partial charge in [-0.1, -0.05) is 43.3 Å². The maximum atomic E-state index is 12.9. The number of hydrogen-bond acceptors (Lipinski definition) is 4. The lowest BCUT2D eigenvalue weighted by molar-refractivity contribution is 0.101. The molecule has 0 amide bonds. The average Bonchev–Trinajstić information content (AvgIpc) is 3.08. The summed E-state index contributed by atoms with van der Waals surface area (Å²) in [5, 5.41) is 0. The van der Waals surface area contributed by atoms with E-state index in [1.54, 1.807) is 19.3 Å². The number of Topliss-reactive ketones (excluding diaryl/α,β-unsaturated/α-hetero) is 1. The molecule has 4 nitrogen and oxygen atoms in total. The third kappa shape index (κ3) is 4.08. The number of allylic oxidation sites excluding steroid dienone is 1. The lowest BCUT2D eigenvalue weighted by Crippen LogP contribution is -2.00. The molecule has 0 aliphatic carbocycles. The summed E-state index contributed by atoms with van der Waals surface area (Å²) < 4.78 is 17.0. The van der Waals surface area contributed by atoms with Gasteiger partial charge in [-0.15, -0.1) is 0 Å². The van der Waals surface area contributed by atoms with E-state index in [-0.39, 0.29) is 5.78 Å². The first-order valence-corrected chi connectivity index (χ1v) is 10.0. The Balaban J connectivity index is 1.52. The van der Waals surface area contributed by atoms with Crippen LogP contribution in [0.3, 0.4) is 0 Å². The summed E-state index contributed by atoms with van der Waals surface area (Å²) >= 11 is 0. The van der Waals surface area contributed by atoms with Gasteiger partial charge in [0.15, 0.2) is 5.76 Å². The number of rotatable bonds is 6. The van der Waals surface area contributed by atoms with Crippen LogP contribution in [0.4, 0.5) is 0 Å². The molecule has 3 aromatic rings. The molecule has 152 valence electrons. The van der Waals surface area contributed by atoms with Gasteiger partial charge in [-0.05, 0) is 59.9 Å². The van der Waals surface area contributed by atoms with E-state index in [9.17, 15) is 4.79 Å². The summed E-state index contributed by atoms with van der Waals surface area (Å²) in [5.41, 5.74) is 4.67. The Labute approximate surface area is 176 Å². The molecular weight excluding hydrogens is 376 g/mol. The second kappa shape index (κ2) is 8.46. The molecule has 0 atom stereocenters. The summed E-state index contributed by atoms with van der Waals surface area (Å²) in [7, 11) is 1.64. The van der Waals surface area contributed by atoms with E-state index in [2.05, 4.69) is 19.1 Å². The molecule has 4 rings (SSSR count). The molecule has 0 bridgehead atoms. The molecule has 1 heterocycles. The van der Waals surface area contributed by atoms with Crippen LogP contribution in [0.2, 0.25) is 0 Å². The topological polar surface area (TPSA) is 44.8 Å². The van der Waals surface area contributed by atoms with Crippen molar-refractivity contribution in [3.8, 4) is 17.2 Å². The number of ether oxygens (including phenoxy) is 3. The highest BCUT2D eigenvalue weighted by Gasteiger charge is 2.30. The Bertz CT molecular complexity index is 1090. The predicted molar refractivity (Wildman–Crippen MR) is 117 cm³/mol. The van der Waals surface area contributed by atoms with Crippen molar-refractivity contribution in [2.75, 3.05) is 7.11 Å². The van der Waals surface area contributed by atoms with E-state index >= 15 is 0 Å². The zero-order valence-corrected chi connectivity index (χ0v) is 17.4. The molecule has 0 saturated heterocycles. The highest BCUT2D eigenvalue weighted by atomic mass is 16.5.